The molecular weight excluding hydrogens is 615 g/mol. The number of morpholine rings is 1. The van der Waals surface area contributed by atoms with E-state index < -0.39 is 44.9 Å². The monoisotopic (exact) mass is 649 g/mol. The summed E-state index contributed by atoms with van der Waals surface area (Å²) in [6, 6.07) is 14.3. The van der Waals surface area contributed by atoms with Crippen molar-refractivity contribution in [3.63, 3.8) is 0 Å². The molecule has 0 bridgehead atoms. The number of ether oxygens (including phenoxy) is 1. The lowest BCUT2D eigenvalue weighted by atomic mass is 9.88. The van der Waals surface area contributed by atoms with Crippen LogP contribution in [0, 0.1) is 17.5 Å². The van der Waals surface area contributed by atoms with Gasteiger partial charge in [0.25, 0.3) is 0 Å². The molecule has 2 heterocycles. The van der Waals surface area contributed by atoms with Gasteiger partial charge in [0.05, 0.1) is 18.0 Å². The number of nitrogens with one attached hydrogen (secondary N) is 2. The van der Waals surface area contributed by atoms with Gasteiger partial charge in [-0.25, -0.2) is 25.9 Å². The quantitative estimate of drug-likeness (QED) is 0.314. The Kier molecular flexibility index (Phi) is 10.0. The minimum atomic E-state index is -3.26. The van der Waals surface area contributed by atoms with E-state index in [1.54, 1.807) is 30.3 Å². The Labute approximate surface area is 260 Å². The van der Waals surface area contributed by atoms with E-state index in [4.69, 9.17) is 16.3 Å². The lowest BCUT2D eigenvalue weighted by Gasteiger charge is -2.46. The molecule has 2 aliphatic rings. The molecule has 3 aromatic carbocycles. The second-order valence-electron chi connectivity index (χ2n) is 11.6. The molecule has 2 fully saturated rings. The summed E-state index contributed by atoms with van der Waals surface area (Å²) in [6.07, 6.45) is 2.72. The Morgan fingerprint density at radius 3 is 2.41 bits per heavy atom. The van der Waals surface area contributed by atoms with Gasteiger partial charge in [0.15, 0.2) is 0 Å². The van der Waals surface area contributed by atoms with Crippen molar-refractivity contribution in [2.75, 3.05) is 37.8 Å². The lowest BCUT2D eigenvalue weighted by Crippen LogP contribution is -2.58. The Balaban J connectivity index is 1.27. The Morgan fingerprint density at radius 2 is 1.75 bits per heavy atom. The van der Waals surface area contributed by atoms with Gasteiger partial charge in [0.1, 0.15) is 17.5 Å². The normalized spacial score (nSPS) is 19.5. The molecule has 236 valence electrons. The van der Waals surface area contributed by atoms with E-state index >= 15 is 4.39 Å². The summed E-state index contributed by atoms with van der Waals surface area (Å²) in [4.78, 5) is 13.3. The molecule has 0 radical (unpaired) electrons. The number of sulfonamides is 1. The molecule has 2 aliphatic heterocycles. The minimum absolute atomic E-state index is 0.150. The van der Waals surface area contributed by atoms with Crippen LogP contribution in [-0.2, 0) is 26.0 Å². The van der Waals surface area contributed by atoms with Gasteiger partial charge in [-0.15, -0.1) is 0 Å². The molecule has 5 rings (SSSR count). The minimum Gasteiger partial charge on any atom is -0.369 e. The maximum absolute atomic E-state index is 15.1. The maximum atomic E-state index is 15.1. The van der Waals surface area contributed by atoms with Crippen LogP contribution < -0.4 is 10.6 Å². The summed E-state index contributed by atoms with van der Waals surface area (Å²) in [5.41, 5.74) is 1.10. The third kappa shape index (κ3) is 8.00. The van der Waals surface area contributed by atoms with Crippen LogP contribution in [0.25, 0.3) is 0 Å². The van der Waals surface area contributed by atoms with Crippen molar-refractivity contribution in [3.8, 4) is 0 Å². The van der Waals surface area contributed by atoms with Gasteiger partial charge in [-0.05, 0) is 73.2 Å². The van der Waals surface area contributed by atoms with E-state index in [1.807, 2.05) is 0 Å². The highest BCUT2D eigenvalue weighted by Crippen LogP contribution is 2.33. The zero-order valence-electron chi connectivity index (χ0n) is 24.3. The van der Waals surface area contributed by atoms with Gasteiger partial charge >= 0.3 is 0 Å². The lowest BCUT2D eigenvalue weighted by molar-refractivity contribution is -0.137. The van der Waals surface area contributed by atoms with Crippen LogP contribution in [0.4, 0.5) is 18.9 Å². The first kappa shape index (κ1) is 32.4. The molecule has 0 saturated carbocycles. The first-order valence-corrected chi connectivity index (χ1v) is 16.8. The maximum Gasteiger partial charge on any atom is 0.225 e. The predicted octanol–water partition coefficient (Wildman–Crippen LogP) is 5.63. The van der Waals surface area contributed by atoms with Gasteiger partial charge in [-0.2, -0.15) is 0 Å². The van der Waals surface area contributed by atoms with Crippen molar-refractivity contribution in [2.24, 2.45) is 0 Å². The predicted molar refractivity (Wildman–Crippen MR) is 164 cm³/mol. The molecule has 2 atom stereocenters. The van der Waals surface area contributed by atoms with Gasteiger partial charge < -0.3 is 15.4 Å². The van der Waals surface area contributed by atoms with Crippen molar-refractivity contribution in [2.45, 2.75) is 49.7 Å². The fourth-order valence-corrected chi connectivity index (χ4v) is 7.07. The molecular formula is C32H35ClF3N3O4S. The summed E-state index contributed by atoms with van der Waals surface area (Å²) in [5.74, 6) is -3.11. The van der Waals surface area contributed by atoms with Crippen molar-refractivity contribution >= 4 is 33.2 Å². The Hall–Kier alpha value is -2.96. The van der Waals surface area contributed by atoms with E-state index in [0.29, 0.717) is 67.3 Å². The van der Waals surface area contributed by atoms with Crippen molar-refractivity contribution < 1.29 is 31.1 Å². The summed E-state index contributed by atoms with van der Waals surface area (Å²) in [5, 5.41) is 6.69. The van der Waals surface area contributed by atoms with Crippen molar-refractivity contribution in [1.82, 2.24) is 9.62 Å². The number of benzene rings is 3. The third-order valence-corrected chi connectivity index (χ3v) is 9.95. The number of anilines is 1. The van der Waals surface area contributed by atoms with E-state index in [0.717, 1.165) is 6.07 Å². The number of nitrogens with zero attached hydrogens (tertiary/aromatic N) is 1. The number of carbonyl (C=O) groups is 1. The number of hydrogen-bond donors (Lipinski definition) is 2. The van der Waals surface area contributed by atoms with Crippen LogP contribution in [0.3, 0.4) is 0 Å². The van der Waals surface area contributed by atoms with Crippen LogP contribution in [0.1, 0.15) is 48.3 Å². The van der Waals surface area contributed by atoms with Crippen LogP contribution in [0.5, 0.6) is 0 Å². The molecule has 1 spiro atoms. The summed E-state index contributed by atoms with van der Waals surface area (Å²) < 4.78 is 75.2. The Bertz CT molecular complexity index is 1580. The molecule has 0 aromatic heterocycles. The number of amides is 1. The highest BCUT2D eigenvalue weighted by molar-refractivity contribution is 7.88. The van der Waals surface area contributed by atoms with Crippen molar-refractivity contribution in [3.05, 3.63) is 99.8 Å². The largest absolute Gasteiger partial charge is 0.369 e. The van der Waals surface area contributed by atoms with Crippen molar-refractivity contribution in [1.29, 1.82) is 0 Å². The van der Waals surface area contributed by atoms with Crippen LogP contribution in [-0.4, -0.2) is 62.8 Å². The van der Waals surface area contributed by atoms with Gasteiger partial charge in [0, 0.05) is 60.9 Å². The number of piperidine rings is 1. The average Bonchev–Trinajstić information content (AvgIpc) is 2.95. The van der Waals surface area contributed by atoms with E-state index in [2.05, 4.69) is 10.6 Å². The number of rotatable bonds is 9. The van der Waals surface area contributed by atoms with Crippen LogP contribution >= 0.6 is 11.6 Å². The SMILES string of the molecule is CS(=O)(=O)N1CCC2(CC1)CNC[C@@H](CCc1c(F)cccc1NC(=O)C[C@@H](c1ccc(Cl)cc1)c1cc(F)cc(F)c1)O2. The summed E-state index contributed by atoms with van der Waals surface area (Å²) >= 11 is 6.04. The second kappa shape index (κ2) is 13.6. The van der Waals surface area contributed by atoms with E-state index in [9.17, 15) is 22.0 Å². The van der Waals surface area contributed by atoms with Crippen LogP contribution in [0.15, 0.2) is 60.7 Å². The number of carbonyl (C=O) groups excluding carboxylic acids is 1. The van der Waals surface area contributed by atoms with Gasteiger partial charge in [0.2, 0.25) is 15.9 Å². The summed E-state index contributed by atoms with van der Waals surface area (Å²) in [7, 11) is -3.26. The number of hydrogen-bond acceptors (Lipinski definition) is 5. The van der Waals surface area contributed by atoms with Crippen LogP contribution in [0.2, 0.25) is 5.02 Å². The topological polar surface area (TPSA) is 87.7 Å². The standard InChI is InChI=1S/C32H35ClF3N3O4S/c1-44(41,42)39-13-11-32(12-14-39)20-37-19-26(43-32)9-10-27-29(36)3-2-4-30(27)38-31(40)18-28(21-5-7-23(33)8-6-21)22-15-24(34)17-25(35)16-22/h2-8,15-17,26,28,37H,9-14,18-20H2,1H3,(H,38,40)/t26-,28+/m1/s1. The highest BCUT2D eigenvalue weighted by Gasteiger charge is 2.41. The highest BCUT2D eigenvalue weighted by atomic mass is 35.5. The zero-order valence-corrected chi connectivity index (χ0v) is 25.9. The van der Waals surface area contributed by atoms with Gasteiger partial charge in [-0.1, -0.05) is 29.8 Å². The first-order chi connectivity index (χ1) is 20.9. The smallest absolute Gasteiger partial charge is 0.225 e. The molecule has 44 heavy (non-hydrogen) atoms. The fourth-order valence-electron chi connectivity index (χ4n) is 6.10. The molecule has 1 amide bonds. The fraction of sp³-hybridized carbons (Fsp3) is 0.406. The molecule has 2 saturated heterocycles. The average molecular weight is 650 g/mol. The molecule has 7 nitrogen and oxygen atoms in total. The zero-order chi connectivity index (χ0) is 31.5. The second-order valence-corrected chi connectivity index (χ2v) is 14.0. The number of halogens is 4. The molecule has 0 unspecified atom stereocenters. The van der Waals surface area contributed by atoms with Gasteiger partial charge in [-0.3, -0.25) is 4.79 Å². The first-order valence-electron chi connectivity index (χ1n) is 14.5. The third-order valence-electron chi connectivity index (χ3n) is 8.40. The Morgan fingerprint density at radius 1 is 1.07 bits per heavy atom. The molecule has 12 heteroatoms. The molecule has 2 N–H and O–H groups in total. The molecule has 3 aromatic rings. The van der Waals surface area contributed by atoms with E-state index in [-0.39, 0.29) is 24.5 Å². The molecule has 0 aliphatic carbocycles. The summed E-state index contributed by atoms with van der Waals surface area (Å²) in [6.45, 7) is 1.96. The van der Waals surface area contributed by atoms with E-state index in [1.165, 1.54) is 34.8 Å².